The summed E-state index contributed by atoms with van der Waals surface area (Å²) in [7, 11) is 0. The Morgan fingerprint density at radius 1 is 1.20 bits per heavy atom. The van der Waals surface area contributed by atoms with Crippen LogP contribution in [0.3, 0.4) is 0 Å². The van der Waals surface area contributed by atoms with Crippen molar-refractivity contribution in [2.45, 2.75) is 51.9 Å². The van der Waals surface area contributed by atoms with Crippen molar-refractivity contribution in [3.05, 3.63) is 29.8 Å². The van der Waals surface area contributed by atoms with Crippen LogP contribution in [0.1, 0.15) is 39.7 Å². The zero-order chi connectivity index (χ0) is 15.4. The van der Waals surface area contributed by atoms with E-state index in [0.29, 0.717) is 6.04 Å². The third-order valence-corrected chi connectivity index (χ3v) is 3.15. The minimum absolute atomic E-state index is 0.167. The molecule has 1 aromatic rings. The lowest BCUT2D eigenvalue weighted by molar-refractivity contribution is -0.274. The Balaban J connectivity index is 2.76. The number of hydrogen-bond acceptors (Lipinski definition) is 2. The second kappa shape index (κ2) is 6.48. The van der Waals surface area contributed by atoms with E-state index in [1.165, 1.54) is 12.1 Å². The first-order valence-electron chi connectivity index (χ1n) is 6.70. The number of ether oxygens (including phenoxy) is 1. The third kappa shape index (κ3) is 5.82. The lowest BCUT2D eigenvalue weighted by Gasteiger charge is -2.26. The van der Waals surface area contributed by atoms with Gasteiger partial charge < -0.3 is 10.1 Å². The Hall–Kier alpha value is -1.23. The molecule has 0 aliphatic carbocycles. The van der Waals surface area contributed by atoms with Crippen LogP contribution in [0.2, 0.25) is 0 Å². The zero-order valence-electron chi connectivity index (χ0n) is 12.3. The molecule has 0 heterocycles. The summed E-state index contributed by atoms with van der Waals surface area (Å²) in [6, 6.07) is 6.60. The van der Waals surface area contributed by atoms with Crippen LogP contribution < -0.4 is 10.1 Å². The van der Waals surface area contributed by atoms with Crippen LogP contribution >= 0.6 is 0 Å². The predicted octanol–water partition coefficient (Wildman–Crippen LogP) is 4.25. The zero-order valence-corrected chi connectivity index (χ0v) is 12.3. The number of alkyl halides is 3. The van der Waals surface area contributed by atoms with Crippen molar-refractivity contribution in [2.75, 3.05) is 6.54 Å². The monoisotopic (exact) mass is 289 g/mol. The Morgan fingerprint density at radius 3 is 2.40 bits per heavy atom. The van der Waals surface area contributed by atoms with Gasteiger partial charge in [0.25, 0.3) is 0 Å². The molecule has 2 nitrogen and oxygen atoms in total. The van der Waals surface area contributed by atoms with Gasteiger partial charge in [0.05, 0.1) is 0 Å². The number of benzene rings is 1. The number of halogens is 3. The standard InChI is InChI=1S/C15H22F3NO/c1-11(2)19-9-8-14(3,4)12-6-5-7-13(10-12)20-15(16,17)18/h5-7,10-11,19H,8-9H2,1-4H3. The minimum Gasteiger partial charge on any atom is -0.406 e. The molecule has 0 aromatic heterocycles. The van der Waals surface area contributed by atoms with Crippen LogP contribution in [0.25, 0.3) is 0 Å². The molecule has 1 aromatic carbocycles. The molecule has 114 valence electrons. The van der Waals surface area contributed by atoms with E-state index in [2.05, 4.69) is 23.9 Å². The molecule has 0 aliphatic heterocycles. The summed E-state index contributed by atoms with van der Waals surface area (Å²) in [5, 5.41) is 3.31. The van der Waals surface area contributed by atoms with Crippen LogP contribution in [0.5, 0.6) is 5.75 Å². The van der Waals surface area contributed by atoms with E-state index in [-0.39, 0.29) is 11.2 Å². The highest BCUT2D eigenvalue weighted by atomic mass is 19.4. The normalized spacial score (nSPS) is 12.8. The summed E-state index contributed by atoms with van der Waals surface area (Å²) < 4.78 is 40.7. The predicted molar refractivity (Wildman–Crippen MR) is 73.9 cm³/mol. The number of nitrogens with one attached hydrogen (secondary N) is 1. The second-order valence-electron chi connectivity index (χ2n) is 5.82. The van der Waals surface area contributed by atoms with Crippen molar-refractivity contribution in [1.82, 2.24) is 5.32 Å². The van der Waals surface area contributed by atoms with Crippen molar-refractivity contribution >= 4 is 0 Å². The van der Waals surface area contributed by atoms with E-state index in [0.717, 1.165) is 18.5 Å². The van der Waals surface area contributed by atoms with Crippen LogP contribution in [0, 0.1) is 0 Å². The highest BCUT2D eigenvalue weighted by Crippen LogP contribution is 2.31. The molecule has 0 amide bonds. The lowest BCUT2D eigenvalue weighted by atomic mass is 9.81. The van der Waals surface area contributed by atoms with Gasteiger partial charge in [-0.15, -0.1) is 13.2 Å². The molecule has 5 heteroatoms. The molecule has 0 bridgehead atoms. The SMILES string of the molecule is CC(C)NCCC(C)(C)c1cccc(OC(F)(F)F)c1. The van der Waals surface area contributed by atoms with E-state index in [9.17, 15) is 13.2 Å². The van der Waals surface area contributed by atoms with Gasteiger partial charge in [-0.3, -0.25) is 0 Å². The molecule has 0 saturated carbocycles. The van der Waals surface area contributed by atoms with Gasteiger partial charge in [-0.2, -0.15) is 0 Å². The van der Waals surface area contributed by atoms with Crippen LogP contribution in [0.4, 0.5) is 13.2 Å². The first-order chi connectivity index (χ1) is 9.10. The van der Waals surface area contributed by atoms with Gasteiger partial charge in [-0.25, -0.2) is 0 Å². The molecular formula is C15H22F3NO. The average Bonchev–Trinajstić information content (AvgIpc) is 2.26. The fraction of sp³-hybridized carbons (Fsp3) is 0.600. The lowest BCUT2D eigenvalue weighted by Crippen LogP contribution is -2.29. The van der Waals surface area contributed by atoms with Crippen molar-refractivity contribution in [3.8, 4) is 5.75 Å². The van der Waals surface area contributed by atoms with Gasteiger partial charge >= 0.3 is 6.36 Å². The van der Waals surface area contributed by atoms with Crippen molar-refractivity contribution < 1.29 is 17.9 Å². The molecule has 20 heavy (non-hydrogen) atoms. The van der Waals surface area contributed by atoms with E-state index in [1.54, 1.807) is 6.07 Å². The fourth-order valence-electron chi connectivity index (χ4n) is 1.93. The quantitative estimate of drug-likeness (QED) is 0.845. The van der Waals surface area contributed by atoms with E-state index in [1.807, 2.05) is 19.9 Å². The third-order valence-electron chi connectivity index (χ3n) is 3.15. The van der Waals surface area contributed by atoms with Gasteiger partial charge in [0, 0.05) is 6.04 Å². The molecule has 0 fully saturated rings. The summed E-state index contributed by atoms with van der Waals surface area (Å²) in [6.45, 7) is 8.97. The molecular weight excluding hydrogens is 267 g/mol. The van der Waals surface area contributed by atoms with Gasteiger partial charge in [0.1, 0.15) is 5.75 Å². The Bertz CT molecular complexity index is 427. The Morgan fingerprint density at radius 2 is 1.85 bits per heavy atom. The second-order valence-corrected chi connectivity index (χ2v) is 5.82. The highest BCUT2D eigenvalue weighted by molar-refractivity contribution is 5.33. The largest absolute Gasteiger partial charge is 0.573 e. The maximum atomic E-state index is 12.2. The fourth-order valence-corrected chi connectivity index (χ4v) is 1.93. The van der Waals surface area contributed by atoms with Gasteiger partial charge in [0.15, 0.2) is 0 Å². The minimum atomic E-state index is -4.65. The first-order valence-corrected chi connectivity index (χ1v) is 6.70. The van der Waals surface area contributed by atoms with Gasteiger partial charge in [0.2, 0.25) is 0 Å². The molecule has 0 radical (unpaired) electrons. The summed E-state index contributed by atoms with van der Waals surface area (Å²) in [4.78, 5) is 0. The average molecular weight is 289 g/mol. The molecule has 0 aliphatic rings. The summed E-state index contributed by atoms with van der Waals surface area (Å²) in [5.41, 5.74) is 0.622. The molecule has 0 atom stereocenters. The van der Waals surface area contributed by atoms with E-state index < -0.39 is 6.36 Å². The van der Waals surface area contributed by atoms with Gasteiger partial charge in [-0.1, -0.05) is 39.8 Å². The Labute approximate surface area is 118 Å². The summed E-state index contributed by atoms with van der Waals surface area (Å²) in [5.74, 6) is -0.167. The maximum Gasteiger partial charge on any atom is 0.573 e. The topological polar surface area (TPSA) is 21.3 Å². The number of hydrogen-bond donors (Lipinski definition) is 1. The van der Waals surface area contributed by atoms with Crippen LogP contribution in [-0.4, -0.2) is 18.9 Å². The maximum absolute atomic E-state index is 12.2. The first kappa shape index (κ1) is 16.8. The summed E-state index contributed by atoms with van der Waals surface area (Å²) in [6.07, 6.45) is -3.82. The highest BCUT2D eigenvalue weighted by Gasteiger charge is 2.31. The Kier molecular flexibility index (Phi) is 5.45. The van der Waals surface area contributed by atoms with E-state index in [4.69, 9.17) is 0 Å². The number of rotatable bonds is 6. The summed E-state index contributed by atoms with van der Waals surface area (Å²) >= 11 is 0. The smallest absolute Gasteiger partial charge is 0.406 e. The van der Waals surface area contributed by atoms with Gasteiger partial charge in [-0.05, 0) is 36.1 Å². The van der Waals surface area contributed by atoms with Crippen molar-refractivity contribution in [1.29, 1.82) is 0 Å². The van der Waals surface area contributed by atoms with E-state index >= 15 is 0 Å². The van der Waals surface area contributed by atoms with Crippen molar-refractivity contribution in [2.24, 2.45) is 0 Å². The molecule has 0 spiro atoms. The van der Waals surface area contributed by atoms with Crippen LogP contribution in [0.15, 0.2) is 24.3 Å². The molecule has 1 N–H and O–H groups in total. The molecule has 1 rings (SSSR count). The van der Waals surface area contributed by atoms with Crippen LogP contribution in [-0.2, 0) is 5.41 Å². The molecule has 0 saturated heterocycles. The molecule has 0 unspecified atom stereocenters. The van der Waals surface area contributed by atoms with Crippen molar-refractivity contribution in [3.63, 3.8) is 0 Å².